The second kappa shape index (κ2) is 6.52. The Hall–Kier alpha value is -2.34. The summed E-state index contributed by atoms with van der Waals surface area (Å²) < 4.78 is 38.4. The zero-order valence-corrected chi connectivity index (χ0v) is 13.6. The van der Waals surface area contributed by atoms with Crippen molar-refractivity contribution in [3.63, 3.8) is 0 Å². The standard InChI is InChI=1S/C18H13ClF3NO2/c19-12-6-7-13-10(8-12)4-5-11(13)9-23-17(25)14-2-1-3-15(16(14)24)18(20,21)22/h1-3,6-9,11,24H,4-5H2. The Bertz CT molecular complexity index is 862. The molecule has 0 radical (unpaired) electrons. The minimum atomic E-state index is -4.74. The van der Waals surface area contributed by atoms with Gasteiger partial charge in [0.2, 0.25) is 0 Å². The topological polar surface area (TPSA) is 49.7 Å². The fourth-order valence-electron chi connectivity index (χ4n) is 2.95. The number of phenolic OH excluding ortho intramolecular Hbond substituents is 1. The maximum absolute atomic E-state index is 12.8. The second-order valence-corrected chi connectivity index (χ2v) is 6.21. The molecule has 1 aliphatic rings. The number of benzene rings is 2. The van der Waals surface area contributed by atoms with Crippen molar-refractivity contribution in [3.05, 3.63) is 63.7 Å². The van der Waals surface area contributed by atoms with Gasteiger partial charge in [0.15, 0.2) is 0 Å². The van der Waals surface area contributed by atoms with Crippen LogP contribution in [0.4, 0.5) is 13.2 Å². The Balaban J connectivity index is 1.84. The number of halogens is 4. The van der Waals surface area contributed by atoms with E-state index in [1.165, 1.54) is 6.21 Å². The van der Waals surface area contributed by atoms with Crippen molar-refractivity contribution in [3.8, 4) is 5.75 Å². The van der Waals surface area contributed by atoms with Crippen molar-refractivity contribution in [2.75, 3.05) is 0 Å². The highest BCUT2D eigenvalue weighted by atomic mass is 35.5. The van der Waals surface area contributed by atoms with Gasteiger partial charge in [0.25, 0.3) is 5.91 Å². The summed E-state index contributed by atoms with van der Waals surface area (Å²) in [4.78, 5) is 15.9. The largest absolute Gasteiger partial charge is 0.506 e. The molecule has 0 spiro atoms. The molecule has 3 rings (SSSR count). The first kappa shape index (κ1) is 17.5. The lowest BCUT2D eigenvalue weighted by Crippen LogP contribution is -2.08. The number of nitrogens with zero attached hydrogens (tertiary/aromatic N) is 1. The molecule has 7 heteroatoms. The molecule has 1 N–H and O–H groups in total. The number of hydrogen-bond acceptors (Lipinski definition) is 2. The first-order valence-corrected chi connectivity index (χ1v) is 7.91. The van der Waals surface area contributed by atoms with Crippen LogP contribution < -0.4 is 0 Å². The van der Waals surface area contributed by atoms with Crippen LogP contribution in [0.25, 0.3) is 0 Å². The van der Waals surface area contributed by atoms with Crippen molar-refractivity contribution in [1.82, 2.24) is 0 Å². The number of amides is 1. The van der Waals surface area contributed by atoms with E-state index in [0.717, 1.165) is 36.1 Å². The number of aliphatic imine (C=N–C) groups is 1. The average molecular weight is 368 g/mol. The summed E-state index contributed by atoms with van der Waals surface area (Å²) in [5.74, 6) is -2.12. The number of alkyl halides is 3. The molecular formula is C18H13ClF3NO2. The number of aromatic hydroxyl groups is 1. The van der Waals surface area contributed by atoms with Crippen LogP contribution in [0.1, 0.15) is 39.4 Å². The van der Waals surface area contributed by atoms with Gasteiger partial charge in [-0.05, 0) is 48.2 Å². The van der Waals surface area contributed by atoms with E-state index in [-0.39, 0.29) is 5.92 Å². The van der Waals surface area contributed by atoms with E-state index in [1.807, 2.05) is 12.1 Å². The summed E-state index contributed by atoms with van der Waals surface area (Å²) in [5, 5.41) is 10.4. The normalized spacial score (nSPS) is 17.0. The predicted octanol–water partition coefficient (Wildman–Crippen LogP) is 5.01. The van der Waals surface area contributed by atoms with Crippen LogP contribution in [0.3, 0.4) is 0 Å². The zero-order chi connectivity index (χ0) is 18.2. The maximum atomic E-state index is 12.8. The Kier molecular flexibility index (Phi) is 4.56. The number of rotatable bonds is 2. The predicted molar refractivity (Wildman–Crippen MR) is 88.4 cm³/mol. The summed E-state index contributed by atoms with van der Waals surface area (Å²) in [6.07, 6.45) is -1.80. The summed E-state index contributed by atoms with van der Waals surface area (Å²) >= 11 is 5.94. The first-order chi connectivity index (χ1) is 11.8. The summed E-state index contributed by atoms with van der Waals surface area (Å²) in [5.41, 5.74) is 0.335. The monoisotopic (exact) mass is 367 g/mol. The molecule has 0 bridgehead atoms. The highest BCUT2D eigenvalue weighted by Crippen LogP contribution is 2.38. The van der Waals surface area contributed by atoms with Gasteiger partial charge in [0, 0.05) is 17.2 Å². The quantitative estimate of drug-likeness (QED) is 0.759. The summed E-state index contributed by atoms with van der Waals surface area (Å²) in [7, 11) is 0. The molecule has 1 aliphatic carbocycles. The van der Waals surface area contributed by atoms with Crippen molar-refractivity contribution in [2.24, 2.45) is 4.99 Å². The molecule has 0 saturated heterocycles. The van der Waals surface area contributed by atoms with Gasteiger partial charge in [-0.2, -0.15) is 13.2 Å². The molecule has 25 heavy (non-hydrogen) atoms. The van der Waals surface area contributed by atoms with Crippen LogP contribution in [0, 0.1) is 0 Å². The van der Waals surface area contributed by atoms with Gasteiger partial charge in [-0.1, -0.05) is 23.7 Å². The van der Waals surface area contributed by atoms with Gasteiger partial charge in [-0.25, -0.2) is 4.99 Å². The van der Waals surface area contributed by atoms with Crippen LogP contribution in [-0.2, 0) is 12.6 Å². The Morgan fingerprint density at radius 1 is 1.28 bits per heavy atom. The number of hydrogen-bond donors (Lipinski definition) is 1. The second-order valence-electron chi connectivity index (χ2n) is 5.77. The van der Waals surface area contributed by atoms with E-state index < -0.39 is 29.0 Å². The zero-order valence-electron chi connectivity index (χ0n) is 12.8. The summed E-state index contributed by atoms with van der Waals surface area (Å²) in [6.45, 7) is 0. The van der Waals surface area contributed by atoms with E-state index in [4.69, 9.17) is 11.6 Å². The van der Waals surface area contributed by atoms with E-state index in [2.05, 4.69) is 4.99 Å². The number of phenols is 1. The first-order valence-electron chi connectivity index (χ1n) is 7.53. The van der Waals surface area contributed by atoms with E-state index >= 15 is 0 Å². The molecular weight excluding hydrogens is 355 g/mol. The highest BCUT2D eigenvalue weighted by Gasteiger charge is 2.35. The van der Waals surface area contributed by atoms with Gasteiger partial charge in [0.1, 0.15) is 5.75 Å². The van der Waals surface area contributed by atoms with Crippen molar-refractivity contribution in [1.29, 1.82) is 0 Å². The minimum Gasteiger partial charge on any atom is -0.506 e. The Labute approximate surface area is 146 Å². The Morgan fingerprint density at radius 2 is 2.04 bits per heavy atom. The molecule has 0 saturated carbocycles. The third-order valence-corrected chi connectivity index (χ3v) is 4.41. The molecule has 3 nitrogen and oxygen atoms in total. The molecule has 1 unspecified atom stereocenters. The van der Waals surface area contributed by atoms with Crippen molar-refractivity contribution >= 4 is 23.7 Å². The van der Waals surface area contributed by atoms with Crippen LogP contribution >= 0.6 is 11.6 Å². The van der Waals surface area contributed by atoms with Crippen LogP contribution in [0.5, 0.6) is 5.75 Å². The molecule has 2 aromatic rings. The van der Waals surface area contributed by atoms with Gasteiger partial charge in [-0.3, -0.25) is 4.79 Å². The minimum absolute atomic E-state index is 0.107. The van der Waals surface area contributed by atoms with Crippen molar-refractivity contribution in [2.45, 2.75) is 24.9 Å². The lowest BCUT2D eigenvalue weighted by Gasteiger charge is -2.10. The fourth-order valence-corrected chi connectivity index (χ4v) is 3.14. The maximum Gasteiger partial charge on any atom is 0.419 e. The number of carbonyl (C=O) groups excluding carboxylic acids is 1. The highest BCUT2D eigenvalue weighted by molar-refractivity contribution is 6.30. The van der Waals surface area contributed by atoms with Gasteiger partial charge >= 0.3 is 6.18 Å². The lowest BCUT2D eigenvalue weighted by atomic mass is 10.0. The molecule has 0 fully saturated rings. The van der Waals surface area contributed by atoms with E-state index in [9.17, 15) is 23.1 Å². The summed E-state index contributed by atoms with van der Waals surface area (Å²) in [6, 6.07) is 8.35. The molecule has 0 aliphatic heterocycles. The Morgan fingerprint density at radius 3 is 2.76 bits per heavy atom. The van der Waals surface area contributed by atoms with Crippen molar-refractivity contribution < 1.29 is 23.1 Å². The van der Waals surface area contributed by atoms with E-state index in [1.54, 1.807) is 6.07 Å². The molecule has 2 aromatic carbocycles. The molecule has 1 amide bonds. The molecule has 0 heterocycles. The number of para-hydroxylation sites is 1. The lowest BCUT2D eigenvalue weighted by molar-refractivity contribution is -0.138. The van der Waals surface area contributed by atoms with Gasteiger partial charge < -0.3 is 5.11 Å². The SMILES string of the molecule is O=C(N=CC1CCc2cc(Cl)ccc21)c1cccc(C(F)(F)F)c1O. The van der Waals surface area contributed by atoms with Crippen LogP contribution in [-0.4, -0.2) is 17.2 Å². The number of carbonyl (C=O) groups is 1. The fraction of sp³-hybridized carbons (Fsp3) is 0.222. The van der Waals surface area contributed by atoms with E-state index in [0.29, 0.717) is 11.1 Å². The van der Waals surface area contributed by atoms with Crippen LogP contribution in [0.15, 0.2) is 41.4 Å². The van der Waals surface area contributed by atoms with Gasteiger partial charge in [0.05, 0.1) is 11.1 Å². The number of aryl methyl sites for hydroxylation is 1. The molecule has 0 aromatic heterocycles. The average Bonchev–Trinajstić information content (AvgIpc) is 2.93. The van der Waals surface area contributed by atoms with Gasteiger partial charge in [-0.15, -0.1) is 0 Å². The molecule has 130 valence electrons. The third kappa shape index (κ3) is 3.54. The third-order valence-electron chi connectivity index (χ3n) is 4.17. The smallest absolute Gasteiger partial charge is 0.419 e. The number of fused-ring (bicyclic) bond motifs is 1. The molecule has 1 atom stereocenters. The van der Waals surface area contributed by atoms with Crippen LogP contribution in [0.2, 0.25) is 5.02 Å².